The summed E-state index contributed by atoms with van der Waals surface area (Å²) in [7, 11) is 0. The number of hydrogen-bond acceptors (Lipinski definition) is 8. The molecule has 0 saturated heterocycles. The van der Waals surface area contributed by atoms with Gasteiger partial charge in [-0.1, -0.05) is 0 Å². The molecule has 0 N–H and O–H groups in total. The molecule has 1 saturated carbocycles. The van der Waals surface area contributed by atoms with E-state index in [0.717, 1.165) is 47.9 Å². The molecule has 8 heteroatoms. The van der Waals surface area contributed by atoms with Gasteiger partial charge in [-0.25, -0.2) is 39.9 Å². The molecule has 1 aliphatic rings. The Balaban J connectivity index is 1.55. The van der Waals surface area contributed by atoms with E-state index in [0.29, 0.717) is 23.7 Å². The van der Waals surface area contributed by atoms with Gasteiger partial charge in [-0.3, -0.25) is 0 Å². The summed E-state index contributed by atoms with van der Waals surface area (Å²) in [6, 6.07) is 0. The van der Waals surface area contributed by atoms with Gasteiger partial charge in [0.1, 0.15) is 25.3 Å². The van der Waals surface area contributed by atoms with Crippen molar-refractivity contribution in [1.29, 1.82) is 0 Å². The van der Waals surface area contributed by atoms with Gasteiger partial charge in [0, 0.05) is 49.6 Å². The zero-order chi connectivity index (χ0) is 21.6. The van der Waals surface area contributed by atoms with E-state index in [2.05, 4.69) is 39.9 Å². The van der Waals surface area contributed by atoms with Crippen molar-refractivity contribution in [1.82, 2.24) is 39.9 Å². The molecule has 4 heterocycles. The van der Waals surface area contributed by atoms with E-state index in [1.165, 1.54) is 0 Å². The van der Waals surface area contributed by atoms with Crippen molar-refractivity contribution in [2.45, 2.75) is 49.4 Å². The molecule has 4 aromatic rings. The van der Waals surface area contributed by atoms with Crippen LogP contribution in [0.5, 0.6) is 0 Å². The van der Waals surface area contributed by atoms with Gasteiger partial charge < -0.3 is 0 Å². The molecule has 0 spiro atoms. The fraction of sp³-hybridized carbons (Fsp3) is 0.333. The molecule has 0 radical (unpaired) electrons. The summed E-state index contributed by atoms with van der Waals surface area (Å²) in [5.41, 5.74) is 4.66. The molecule has 32 heavy (non-hydrogen) atoms. The number of nitrogens with zero attached hydrogens (tertiary/aromatic N) is 8. The van der Waals surface area contributed by atoms with Crippen LogP contribution >= 0.6 is 0 Å². The Labute approximate surface area is 186 Å². The second kappa shape index (κ2) is 9.64. The fourth-order valence-corrected chi connectivity index (χ4v) is 4.93. The molecule has 1 aliphatic carbocycles. The predicted octanol–water partition coefficient (Wildman–Crippen LogP) is 3.86. The smallest absolute Gasteiger partial charge is 0.115 e. The van der Waals surface area contributed by atoms with Gasteiger partial charge in [-0.15, -0.1) is 0 Å². The van der Waals surface area contributed by atoms with Crippen LogP contribution in [0.25, 0.3) is 0 Å². The third kappa shape index (κ3) is 4.64. The topological polar surface area (TPSA) is 103 Å². The lowest BCUT2D eigenvalue weighted by molar-refractivity contribution is 0.348. The summed E-state index contributed by atoms with van der Waals surface area (Å²) < 4.78 is 0. The summed E-state index contributed by atoms with van der Waals surface area (Å²) in [5.74, 6) is 1.22. The van der Waals surface area contributed by atoms with Crippen molar-refractivity contribution < 1.29 is 0 Å². The van der Waals surface area contributed by atoms with E-state index in [9.17, 15) is 0 Å². The van der Waals surface area contributed by atoms with Gasteiger partial charge in [-0.2, -0.15) is 0 Å². The lowest BCUT2D eigenvalue weighted by Crippen LogP contribution is -2.20. The molecule has 0 atom stereocenters. The van der Waals surface area contributed by atoms with Crippen LogP contribution in [0.4, 0.5) is 0 Å². The minimum Gasteiger partial charge on any atom is -0.245 e. The van der Waals surface area contributed by atoms with Crippen LogP contribution in [-0.4, -0.2) is 39.9 Å². The van der Waals surface area contributed by atoms with E-state index in [1.807, 2.05) is 49.6 Å². The summed E-state index contributed by atoms with van der Waals surface area (Å²) >= 11 is 0. The van der Waals surface area contributed by atoms with Crippen LogP contribution in [0, 0.1) is 0 Å². The maximum atomic E-state index is 4.30. The normalized spacial score (nSPS) is 23.8. The number of hydrogen-bond donors (Lipinski definition) is 0. The average Bonchev–Trinajstić information content (AvgIpc) is 2.86. The Bertz CT molecular complexity index is 906. The maximum absolute atomic E-state index is 4.30. The minimum atomic E-state index is 0.305. The monoisotopic (exact) mass is 424 g/mol. The highest BCUT2D eigenvalue weighted by molar-refractivity contribution is 5.24. The molecule has 5 rings (SSSR count). The van der Waals surface area contributed by atoms with Crippen LogP contribution in [-0.2, 0) is 0 Å². The maximum Gasteiger partial charge on any atom is 0.115 e. The molecule has 8 nitrogen and oxygen atoms in total. The molecular formula is C24H24N8. The zero-order valence-corrected chi connectivity index (χ0v) is 17.6. The summed E-state index contributed by atoms with van der Waals surface area (Å²) in [6.07, 6.45) is 25.8. The molecule has 1 fully saturated rings. The van der Waals surface area contributed by atoms with Crippen LogP contribution in [0.2, 0.25) is 0 Å². The molecule has 0 bridgehead atoms. The van der Waals surface area contributed by atoms with Gasteiger partial charge in [0.2, 0.25) is 0 Å². The second-order valence-corrected chi connectivity index (χ2v) is 8.42. The van der Waals surface area contributed by atoms with E-state index < -0.39 is 0 Å². The van der Waals surface area contributed by atoms with E-state index in [4.69, 9.17) is 0 Å². The Kier molecular flexibility index (Phi) is 6.09. The Hall–Kier alpha value is -3.68. The highest BCUT2D eigenvalue weighted by atomic mass is 14.8. The second-order valence-electron chi connectivity index (χ2n) is 8.42. The predicted molar refractivity (Wildman–Crippen MR) is 118 cm³/mol. The molecule has 160 valence electrons. The van der Waals surface area contributed by atoms with Crippen molar-refractivity contribution in [3.05, 3.63) is 97.1 Å². The first-order chi connectivity index (χ1) is 15.9. The number of aromatic nitrogens is 8. The molecule has 0 amide bonds. The Morgan fingerprint density at radius 2 is 0.531 bits per heavy atom. The van der Waals surface area contributed by atoms with Crippen molar-refractivity contribution >= 4 is 0 Å². The van der Waals surface area contributed by atoms with Crippen molar-refractivity contribution in [3.8, 4) is 0 Å². The van der Waals surface area contributed by atoms with E-state index in [1.54, 1.807) is 25.3 Å². The van der Waals surface area contributed by atoms with E-state index in [-0.39, 0.29) is 0 Å². The largest absolute Gasteiger partial charge is 0.245 e. The fourth-order valence-electron chi connectivity index (χ4n) is 4.93. The van der Waals surface area contributed by atoms with Crippen LogP contribution < -0.4 is 0 Å². The van der Waals surface area contributed by atoms with E-state index >= 15 is 0 Å². The van der Waals surface area contributed by atoms with Crippen molar-refractivity contribution in [3.63, 3.8) is 0 Å². The molecule has 4 aromatic heterocycles. The first kappa shape index (κ1) is 20.2. The molecule has 0 aromatic carbocycles. The van der Waals surface area contributed by atoms with Gasteiger partial charge >= 0.3 is 0 Å². The molecular weight excluding hydrogens is 400 g/mol. The molecule has 0 aliphatic heterocycles. The highest BCUT2D eigenvalue weighted by Gasteiger charge is 2.32. The quantitative estimate of drug-likeness (QED) is 0.487. The highest BCUT2D eigenvalue weighted by Crippen LogP contribution is 2.47. The first-order valence-corrected chi connectivity index (χ1v) is 10.9. The summed E-state index contributed by atoms with van der Waals surface area (Å²) in [6.45, 7) is 0. The SMILES string of the molecule is c1ncc(C2CC(c3cncnc3)CC(c3cncnc3)CC(c3cncnc3)C2)cn1. The third-order valence-electron chi connectivity index (χ3n) is 6.48. The summed E-state index contributed by atoms with van der Waals surface area (Å²) in [4.78, 5) is 34.4. The Morgan fingerprint density at radius 3 is 0.719 bits per heavy atom. The van der Waals surface area contributed by atoms with Crippen molar-refractivity contribution in [2.24, 2.45) is 0 Å². The van der Waals surface area contributed by atoms with Crippen LogP contribution in [0.15, 0.2) is 74.9 Å². The minimum absolute atomic E-state index is 0.305. The van der Waals surface area contributed by atoms with Crippen molar-refractivity contribution in [2.75, 3.05) is 0 Å². The standard InChI is InChI=1S/C24H24N8/c1-17(21-5-25-13-26-6-21)2-19(23-9-29-15-30-10-23)4-20(24-11-31-16-32-12-24)3-18(1)22-7-27-14-28-8-22/h5-20H,1-4H2. The van der Waals surface area contributed by atoms with Gasteiger partial charge in [-0.05, 0) is 71.6 Å². The average molecular weight is 425 g/mol. The van der Waals surface area contributed by atoms with Gasteiger partial charge in [0.25, 0.3) is 0 Å². The van der Waals surface area contributed by atoms with Gasteiger partial charge in [0.15, 0.2) is 0 Å². The first-order valence-electron chi connectivity index (χ1n) is 10.9. The van der Waals surface area contributed by atoms with Crippen LogP contribution in [0.3, 0.4) is 0 Å². The number of rotatable bonds is 4. The van der Waals surface area contributed by atoms with Gasteiger partial charge in [0.05, 0.1) is 0 Å². The third-order valence-corrected chi connectivity index (χ3v) is 6.48. The van der Waals surface area contributed by atoms with Crippen LogP contribution in [0.1, 0.15) is 71.6 Å². The lowest BCUT2D eigenvalue weighted by atomic mass is 9.70. The zero-order valence-electron chi connectivity index (χ0n) is 17.6. The Morgan fingerprint density at radius 1 is 0.344 bits per heavy atom. The summed E-state index contributed by atoms with van der Waals surface area (Å²) in [5, 5.41) is 0. The molecule has 0 unspecified atom stereocenters. The lowest BCUT2D eigenvalue weighted by Gasteiger charge is -2.35.